The van der Waals surface area contributed by atoms with Gasteiger partial charge in [-0.05, 0) is 35.6 Å². The molecule has 1 aliphatic carbocycles. The van der Waals surface area contributed by atoms with Gasteiger partial charge in [0.25, 0.3) is 0 Å². The molecule has 1 aromatic carbocycles. The fraction of sp³-hybridized carbons (Fsp3) is 0.520. The molecule has 0 radical (unpaired) electrons. The number of halogens is 1. The van der Waals surface area contributed by atoms with E-state index in [1.54, 1.807) is 0 Å². The van der Waals surface area contributed by atoms with E-state index in [-0.39, 0.29) is 29.4 Å². The number of aromatic amines is 1. The first-order valence-electron chi connectivity index (χ1n) is 13.9. The molecule has 20 heteroatoms. The number of methoxy groups -OCH3 is 1. The average Bonchev–Trinajstić information content (AvgIpc) is 3.80. The molecule has 2 aliphatic rings. The summed E-state index contributed by atoms with van der Waals surface area (Å²) < 4.78 is 36.0. The van der Waals surface area contributed by atoms with Crippen LogP contribution in [-0.2, 0) is 36.5 Å². The lowest BCUT2D eigenvalue weighted by Crippen LogP contribution is -2.45. The van der Waals surface area contributed by atoms with Gasteiger partial charge in [0.15, 0.2) is 17.7 Å². The van der Waals surface area contributed by atoms with Gasteiger partial charge in [-0.2, -0.15) is 20.3 Å². The van der Waals surface area contributed by atoms with Crippen molar-refractivity contribution in [2.75, 3.05) is 32.2 Å². The van der Waals surface area contributed by atoms with E-state index in [9.17, 15) is 24.6 Å². The summed E-state index contributed by atoms with van der Waals surface area (Å²) in [5, 5.41) is 40.9. The van der Waals surface area contributed by atoms with Crippen LogP contribution in [0, 0.1) is 0 Å². The van der Waals surface area contributed by atoms with E-state index in [2.05, 4.69) is 53.1 Å². The molecule has 1 aliphatic heterocycles. The monoisotopic (exact) mass is 667 g/mol. The number of benzene rings is 1. The van der Waals surface area contributed by atoms with E-state index in [0.29, 0.717) is 11.2 Å². The lowest BCUT2D eigenvalue weighted by Gasteiger charge is -2.34. The molecule has 6 atom stereocenters. The summed E-state index contributed by atoms with van der Waals surface area (Å²) in [6, 6.07) is 8.12. The second-order valence-corrected chi connectivity index (χ2v) is 12.9. The number of H-pyrrole nitrogens is 1. The van der Waals surface area contributed by atoms with Crippen LogP contribution in [0.25, 0.3) is 11.0 Å². The highest BCUT2D eigenvalue weighted by Crippen LogP contribution is 2.52. The van der Waals surface area contributed by atoms with Crippen LogP contribution in [0.4, 0.5) is 5.82 Å². The summed E-state index contributed by atoms with van der Waals surface area (Å²) in [6.07, 6.45) is -2.27. The molecular formula is C25H31ClN9O9P. The average molecular weight is 668 g/mol. The minimum atomic E-state index is -5.05. The highest BCUT2D eigenvalue weighted by atomic mass is 35.5. The van der Waals surface area contributed by atoms with E-state index in [1.165, 1.54) is 23.6 Å². The normalized spacial score (nSPS) is 24.6. The van der Waals surface area contributed by atoms with Crippen molar-refractivity contribution in [1.29, 1.82) is 0 Å². The van der Waals surface area contributed by atoms with Crippen molar-refractivity contribution in [3.63, 3.8) is 0 Å². The van der Waals surface area contributed by atoms with Crippen LogP contribution < -0.4 is 5.32 Å². The summed E-state index contributed by atoms with van der Waals surface area (Å²) in [7, 11) is -3.82. The third-order valence-electron chi connectivity index (χ3n) is 7.81. The van der Waals surface area contributed by atoms with Crippen LogP contribution in [0.2, 0.25) is 5.28 Å². The zero-order valence-electron chi connectivity index (χ0n) is 23.8. The largest absolute Gasteiger partial charge is 0.387 e. The number of aliphatic hydroxyl groups excluding tert-OH is 2. The number of nitrogens with one attached hydrogen (secondary N) is 2. The van der Waals surface area contributed by atoms with Crippen LogP contribution in [-0.4, -0.2) is 111 Å². The minimum Gasteiger partial charge on any atom is -0.387 e. The number of hydrogen-bond donors (Lipinski definition) is 6. The molecule has 1 saturated heterocycles. The molecule has 4 heterocycles. The number of tetrazole rings is 1. The predicted molar refractivity (Wildman–Crippen MR) is 154 cm³/mol. The summed E-state index contributed by atoms with van der Waals surface area (Å²) >= 11 is 6.30. The first-order chi connectivity index (χ1) is 21.6. The van der Waals surface area contributed by atoms with E-state index in [4.69, 9.17) is 30.5 Å². The second kappa shape index (κ2) is 12.9. The Hall–Kier alpha value is -3.16. The maximum Gasteiger partial charge on any atom is 0.361 e. The van der Waals surface area contributed by atoms with Crippen LogP contribution in [0.3, 0.4) is 0 Å². The van der Waals surface area contributed by atoms with E-state index in [1.807, 2.05) is 12.1 Å². The Kier molecular flexibility index (Phi) is 9.13. The zero-order chi connectivity index (χ0) is 31.8. The number of anilines is 1. The van der Waals surface area contributed by atoms with Crippen LogP contribution >= 0.6 is 19.2 Å². The fourth-order valence-corrected chi connectivity index (χ4v) is 6.49. The van der Waals surface area contributed by atoms with Gasteiger partial charge >= 0.3 is 7.60 Å². The molecule has 6 rings (SSSR count). The Bertz CT molecular complexity index is 1670. The molecule has 242 valence electrons. The molecular weight excluding hydrogens is 637 g/mol. The van der Waals surface area contributed by atoms with Gasteiger partial charge in [0.05, 0.1) is 37.4 Å². The minimum absolute atomic E-state index is 0.00651. The number of aliphatic hydroxyl groups is 2. The summed E-state index contributed by atoms with van der Waals surface area (Å²) in [5.41, 5.74) is 2.65. The van der Waals surface area contributed by atoms with E-state index < -0.39 is 57.3 Å². The van der Waals surface area contributed by atoms with Crippen LogP contribution in [0.1, 0.15) is 35.6 Å². The fourth-order valence-electron chi connectivity index (χ4n) is 5.52. The van der Waals surface area contributed by atoms with Gasteiger partial charge in [0, 0.05) is 7.11 Å². The summed E-state index contributed by atoms with van der Waals surface area (Å²) in [6.45, 7) is -1.99. The van der Waals surface area contributed by atoms with Crippen molar-refractivity contribution in [2.45, 2.75) is 55.4 Å². The number of ether oxygens (including phenoxy) is 4. The quantitative estimate of drug-likeness (QED) is 0.0837. The second-order valence-electron chi connectivity index (χ2n) is 10.7. The van der Waals surface area contributed by atoms with E-state index >= 15 is 0 Å². The highest BCUT2D eigenvalue weighted by Gasteiger charge is 2.52. The molecule has 0 bridgehead atoms. The lowest BCUT2D eigenvalue weighted by molar-refractivity contribution is -0.135. The number of aryl methyl sites for hydroxylation is 1. The van der Waals surface area contributed by atoms with Crippen molar-refractivity contribution in [1.82, 2.24) is 40.4 Å². The van der Waals surface area contributed by atoms with Crippen LogP contribution in [0.5, 0.6) is 0 Å². The molecule has 0 saturated carbocycles. The molecule has 18 nitrogen and oxygen atoms in total. The van der Waals surface area contributed by atoms with Crippen LogP contribution in [0.15, 0.2) is 30.5 Å². The number of aromatic nitrogens is 8. The van der Waals surface area contributed by atoms with Gasteiger partial charge in [-0.25, -0.2) is 4.68 Å². The molecule has 3 aromatic heterocycles. The Morgan fingerprint density at radius 2 is 2.04 bits per heavy atom. The Balaban J connectivity index is 1.19. The molecule has 0 amide bonds. The van der Waals surface area contributed by atoms with Gasteiger partial charge in [0.1, 0.15) is 30.7 Å². The molecule has 45 heavy (non-hydrogen) atoms. The van der Waals surface area contributed by atoms with Gasteiger partial charge in [0.2, 0.25) is 10.6 Å². The SMILES string of the molecule is COCC(COCc1nn[nH]n1)(OC[C@H]1O[C@H](n2ncc3c(N[C@@H]4CCc5ccccc54)nc(Cl)nc32)[C@H](O)[C@@H]1O)P(=O)(O)O. The molecule has 1 fully saturated rings. The maximum atomic E-state index is 12.6. The third kappa shape index (κ3) is 6.31. The first kappa shape index (κ1) is 31.8. The van der Waals surface area contributed by atoms with Gasteiger partial charge in [-0.3, -0.25) is 4.57 Å². The van der Waals surface area contributed by atoms with Crippen molar-refractivity contribution in [2.24, 2.45) is 0 Å². The number of rotatable bonds is 13. The summed E-state index contributed by atoms with van der Waals surface area (Å²) in [5.74, 6) is 0.590. The lowest BCUT2D eigenvalue weighted by atomic mass is 10.1. The zero-order valence-corrected chi connectivity index (χ0v) is 25.5. The van der Waals surface area contributed by atoms with Crippen molar-refractivity contribution in [3.8, 4) is 0 Å². The van der Waals surface area contributed by atoms with Gasteiger partial charge in [-0.15, -0.1) is 10.2 Å². The van der Waals surface area contributed by atoms with Gasteiger partial charge < -0.3 is 44.3 Å². The maximum absolute atomic E-state index is 12.6. The standard InChI is InChI=1S/C25H31ClN9O9P/c1-41-11-25(45(38,39)40,12-42-10-18-31-33-34-32-18)43-9-17-19(36)20(37)23(44-17)35-22-15(8-27-35)21(29-24(26)30-22)28-16-7-6-13-4-2-3-5-14(13)16/h2-5,8,16-17,19-20,23,36-37H,6-7,9-12H2,1H3,(H,28,29,30)(H2,38,39,40)(H,31,32,33,34)/t16-,17-,19-,20-,23+,25?/m1/s1. The Morgan fingerprint density at radius 3 is 2.80 bits per heavy atom. The molecule has 6 N–H and O–H groups in total. The molecule has 1 unspecified atom stereocenters. The Morgan fingerprint density at radius 1 is 1.22 bits per heavy atom. The topological polar surface area (TPSA) is 245 Å². The third-order valence-corrected chi connectivity index (χ3v) is 9.43. The summed E-state index contributed by atoms with van der Waals surface area (Å²) in [4.78, 5) is 29.1. The smallest absolute Gasteiger partial charge is 0.361 e. The number of hydrogen-bond acceptors (Lipinski definition) is 14. The Labute approximate surface area is 260 Å². The first-order valence-corrected chi connectivity index (χ1v) is 15.8. The predicted octanol–water partition coefficient (Wildman–Crippen LogP) is 0.465. The van der Waals surface area contributed by atoms with Crippen molar-refractivity contribution >= 4 is 36.0 Å². The van der Waals surface area contributed by atoms with Crippen molar-refractivity contribution < 1.29 is 43.5 Å². The van der Waals surface area contributed by atoms with E-state index in [0.717, 1.165) is 18.4 Å². The number of nitrogens with zero attached hydrogens (tertiary/aromatic N) is 7. The highest BCUT2D eigenvalue weighted by molar-refractivity contribution is 7.53. The van der Waals surface area contributed by atoms with Gasteiger partial charge in [-0.1, -0.05) is 29.5 Å². The molecule has 0 spiro atoms. The number of fused-ring (bicyclic) bond motifs is 2. The van der Waals surface area contributed by atoms with Crippen molar-refractivity contribution in [3.05, 3.63) is 52.7 Å². The molecule has 4 aromatic rings.